The van der Waals surface area contributed by atoms with Gasteiger partial charge >= 0.3 is 5.95 Å². The highest BCUT2D eigenvalue weighted by molar-refractivity contribution is 6.08. The topological polar surface area (TPSA) is 104 Å². The number of aromatic amines is 1. The maximum absolute atomic E-state index is 13.8. The van der Waals surface area contributed by atoms with Gasteiger partial charge in [-0.2, -0.15) is 0 Å². The molecule has 0 amide bonds. The van der Waals surface area contributed by atoms with Crippen LogP contribution in [0.1, 0.15) is 68.8 Å². The molecule has 2 aliphatic carbocycles. The average molecular weight is 469 g/mol. The fourth-order valence-electron chi connectivity index (χ4n) is 6.61. The number of Topliss-reactive ketones (excluding diaryl/α,β-unsaturated/α-hetero) is 1. The molecule has 4 N–H and O–H groups in total. The van der Waals surface area contributed by atoms with Crippen LogP contribution in [0.4, 0.5) is 5.95 Å². The Morgan fingerprint density at radius 1 is 1.26 bits per heavy atom. The third kappa shape index (κ3) is 3.76. The maximum Gasteiger partial charge on any atom is 0.392 e. The van der Waals surface area contributed by atoms with Crippen LogP contribution in [-0.2, 0) is 9.47 Å². The summed E-state index contributed by atoms with van der Waals surface area (Å²) in [6, 6.07) is 2.08. The number of allylic oxidation sites excluding steroid dienone is 1. The SMILES string of the molecule is C=C[C@H]1[C@H](C)NCCCN1c1nc(C(=O)C2=C(N)[C@]3(CCCCC34OCCO4)CCC2)cc[nH+]1. The van der Waals surface area contributed by atoms with Gasteiger partial charge in [0, 0.05) is 29.8 Å². The zero-order valence-corrected chi connectivity index (χ0v) is 20.3. The third-order valence-electron chi connectivity index (χ3n) is 8.33. The third-order valence-corrected chi connectivity index (χ3v) is 8.33. The van der Waals surface area contributed by atoms with Crippen molar-refractivity contribution in [3.05, 3.63) is 41.9 Å². The van der Waals surface area contributed by atoms with E-state index in [1.54, 1.807) is 12.3 Å². The van der Waals surface area contributed by atoms with Crippen molar-refractivity contribution >= 4 is 11.7 Å². The van der Waals surface area contributed by atoms with Gasteiger partial charge in [-0.15, -0.1) is 0 Å². The molecule has 1 saturated carbocycles. The van der Waals surface area contributed by atoms with Gasteiger partial charge in [-0.05, 0) is 52.0 Å². The number of aromatic nitrogens is 2. The van der Waals surface area contributed by atoms with Crippen molar-refractivity contribution in [3.8, 4) is 0 Å². The summed E-state index contributed by atoms with van der Waals surface area (Å²) >= 11 is 0. The van der Waals surface area contributed by atoms with Crippen LogP contribution in [0.25, 0.3) is 0 Å². The fraction of sp³-hybridized carbons (Fsp3) is 0.654. The molecule has 0 radical (unpaired) electrons. The number of ether oxygens (including phenoxy) is 2. The quantitative estimate of drug-likeness (QED) is 0.517. The van der Waals surface area contributed by atoms with Crippen molar-refractivity contribution in [2.75, 3.05) is 31.2 Å². The van der Waals surface area contributed by atoms with Crippen LogP contribution in [0.2, 0.25) is 0 Å². The lowest BCUT2D eigenvalue weighted by molar-refractivity contribution is -0.368. The summed E-state index contributed by atoms with van der Waals surface area (Å²) in [5.74, 6) is -0.0780. The zero-order chi connectivity index (χ0) is 23.8. The normalized spacial score (nSPS) is 31.6. The first-order chi connectivity index (χ1) is 16.5. The summed E-state index contributed by atoms with van der Waals surface area (Å²) in [6.45, 7) is 9.14. The Bertz CT molecular complexity index is 973. The Kier molecular flexibility index (Phi) is 6.48. The Balaban J connectivity index is 1.49. The van der Waals surface area contributed by atoms with E-state index in [1.807, 2.05) is 6.08 Å². The fourth-order valence-corrected chi connectivity index (χ4v) is 6.61. The van der Waals surface area contributed by atoms with E-state index in [-0.39, 0.29) is 17.9 Å². The number of nitrogens with two attached hydrogens (primary N) is 1. The van der Waals surface area contributed by atoms with E-state index >= 15 is 0 Å². The number of anilines is 1. The monoisotopic (exact) mass is 468 g/mol. The number of ketones is 1. The van der Waals surface area contributed by atoms with Crippen LogP contribution < -0.4 is 20.9 Å². The Morgan fingerprint density at radius 3 is 2.82 bits per heavy atom. The first kappa shape index (κ1) is 23.5. The number of rotatable bonds is 4. The van der Waals surface area contributed by atoms with Crippen molar-refractivity contribution in [1.29, 1.82) is 0 Å². The number of nitrogens with one attached hydrogen (secondary N) is 2. The second kappa shape index (κ2) is 9.40. The molecule has 1 aromatic rings. The lowest BCUT2D eigenvalue weighted by atomic mass is 9.60. The average Bonchev–Trinajstić information content (AvgIpc) is 3.25. The van der Waals surface area contributed by atoms with Gasteiger partial charge in [0.2, 0.25) is 5.78 Å². The van der Waals surface area contributed by atoms with Crippen LogP contribution in [0.3, 0.4) is 0 Å². The lowest BCUT2D eigenvalue weighted by Crippen LogP contribution is -2.56. The molecule has 5 rings (SSSR count). The lowest BCUT2D eigenvalue weighted by Gasteiger charge is -2.52. The molecule has 184 valence electrons. The van der Waals surface area contributed by atoms with Gasteiger partial charge < -0.3 is 20.5 Å². The first-order valence-electron chi connectivity index (χ1n) is 12.8. The number of fused-ring (bicyclic) bond motifs is 1. The highest BCUT2D eigenvalue weighted by atomic mass is 16.7. The van der Waals surface area contributed by atoms with Gasteiger partial charge in [-0.3, -0.25) is 9.69 Å². The van der Waals surface area contributed by atoms with Crippen LogP contribution in [-0.4, -0.2) is 54.9 Å². The minimum atomic E-state index is -0.684. The smallest absolute Gasteiger partial charge is 0.392 e. The second-order valence-electron chi connectivity index (χ2n) is 10.1. The molecule has 34 heavy (non-hydrogen) atoms. The van der Waals surface area contributed by atoms with Crippen LogP contribution >= 0.6 is 0 Å². The van der Waals surface area contributed by atoms with Crippen molar-refractivity contribution in [2.24, 2.45) is 11.1 Å². The van der Waals surface area contributed by atoms with Crippen LogP contribution in [0, 0.1) is 5.41 Å². The largest absolute Gasteiger partial charge is 0.401 e. The number of H-pyrrole nitrogens is 1. The Morgan fingerprint density at radius 2 is 2.03 bits per heavy atom. The van der Waals surface area contributed by atoms with Crippen molar-refractivity contribution in [2.45, 2.75) is 76.2 Å². The number of hydrogen-bond donors (Lipinski definition) is 2. The standard InChI is InChI=1S/C26H37N5O3/c1-3-21-18(2)28-13-7-15-31(21)24-29-14-9-20(30-24)22(32)19-8-6-11-25(23(19)27)10-4-5-12-26(25)33-16-17-34-26/h3,9,14,18,21,28H,1,4-8,10-13,15-17,27H2,2H3/p+1/t18-,21-,25-/m0/s1. The molecule has 2 spiro atoms. The molecule has 8 heteroatoms. The highest BCUT2D eigenvalue weighted by Gasteiger charge is 2.59. The van der Waals surface area contributed by atoms with E-state index in [9.17, 15) is 4.79 Å². The summed E-state index contributed by atoms with van der Waals surface area (Å²) in [6.07, 6.45) is 11.1. The minimum absolute atomic E-state index is 0.0811. The van der Waals surface area contributed by atoms with E-state index in [0.717, 1.165) is 58.0 Å². The summed E-state index contributed by atoms with van der Waals surface area (Å²) in [5.41, 5.74) is 8.23. The van der Waals surface area contributed by atoms with Crippen molar-refractivity contribution in [3.63, 3.8) is 0 Å². The van der Waals surface area contributed by atoms with Gasteiger partial charge in [0.05, 0.1) is 31.4 Å². The molecule has 0 aromatic carbocycles. The van der Waals surface area contributed by atoms with Gasteiger partial charge in [0.1, 0.15) is 6.04 Å². The van der Waals surface area contributed by atoms with E-state index < -0.39 is 11.2 Å². The first-order valence-corrected chi connectivity index (χ1v) is 12.8. The molecule has 3 fully saturated rings. The van der Waals surface area contributed by atoms with E-state index in [0.29, 0.717) is 42.5 Å². The van der Waals surface area contributed by atoms with Crippen LogP contribution in [0.5, 0.6) is 0 Å². The second-order valence-corrected chi connectivity index (χ2v) is 10.1. The van der Waals surface area contributed by atoms with Gasteiger partial charge in [0.25, 0.3) is 0 Å². The maximum atomic E-state index is 13.8. The number of nitrogens with zero attached hydrogens (tertiary/aromatic N) is 2. The highest BCUT2D eigenvalue weighted by Crippen LogP contribution is 2.57. The predicted molar refractivity (Wildman–Crippen MR) is 129 cm³/mol. The molecule has 2 aliphatic heterocycles. The summed E-state index contributed by atoms with van der Waals surface area (Å²) in [4.78, 5) is 24.1. The minimum Gasteiger partial charge on any atom is -0.401 e. The molecule has 4 aliphatic rings. The van der Waals surface area contributed by atoms with Gasteiger partial charge in [-0.25, -0.2) is 4.98 Å². The molecule has 3 heterocycles. The van der Waals surface area contributed by atoms with Crippen molar-refractivity contribution < 1.29 is 19.3 Å². The van der Waals surface area contributed by atoms with Crippen molar-refractivity contribution in [1.82, 2.24) is 10.3 Å². The predicted octanol–water partition coefficient (Wildman–Crippen LogP) is 2.52. The molecule has 3 atom stereocenters. The van der Waals surface area contributed by atoms with E-state index in [4.69, 9.17) is 20.2 Å². The molecule has 0 unspecified atom stereocenters. The summed E-state index contributed by atoms with van der Waals surface area (Å²) in [5, 5.41) is 3.53. The Labute approximate surface area is 202 Å². The van der Waals surface area contributed by atoms with Crippen LogP contribution in [0.15, 0.2) is 36.2 Å². The summed E-state index contributed by atoms with van der Waals surface area (Å²) < 4.78 is 12.5. The molecule has 8 nitrogen and oxygen atoms in total. The Hall–Kier alpha value is -2.29. The van der Waals surface area contributed by atoms with Gasteiger partial charge in [-0.1, -0.05) is 24.1 Å². The molecular weight excluding hydrogens is 430 g/mol. The number of hydrogen-bond acceptors (Lipinski definition) is 7. The molecule has 1 aromatic heterocycles. The number of carbonyl (C=O) groups is 1. The molecule has 0 bridgehead atoms. The zero-order valence-electron chi connectivity index (χ0n) is 20.3. The summed E-state index contributed by atoms with van der Waals surface area (Å²) in [7, 11) is 0. The molecule has 2 saturated heterocycles. The van der Waals surface area contributed by atoms with E-state index in [2.05, 4.69) is 28.7 Å². The number of carbonyl (C=O) groups excluding carboxylic acids is 1. The van der Waals surface area contributed by atoms with Gasteiger partial charge in [0.15, 0.2) is 11.5 Å². The molecular formula is C26H38N5O3+. The van der Waals surface area contributed by atoms with E-state index in [1.165, 1.54) is 0 Å².